The van der Waals surface area contributed by atoms with Crippen molar-refractivity contribution in [2.24, 2.45) is 11.8 Å². The van der Waals surface area contributed by atoms with Crippen molar-refractivity contribution in [2.45, 2.75) is 12.5 Å². The zero-order valence-corrected chi connectivity index (χ0v) is 20.0. The molecule has 2 N–H and O–H groups in total. The van der Waals surface area contributed by atoms with E-state index in [1.165, 1.54) is 12.1 Å². The first-order valence-electron chi connectivity index (χ1n) is 11.9. The highest BCUT2D eigenvalue weighted by atomic mass is 35.5. The molecule has 2 saturated heterocycles. The molecule has 6 nitrogen and oxygen atoms in total. The van der Waals surface area contributed by atoms with Gasteiger partial charge in [0, 0.05) is 38.9 Å². The molecular weight excluding hydrogens is 467 g/mol. The maximum Gasteiger partial charge on any atom is 0.268 e. The Morgan fingerprint density at radius 3 is 2.40 bits per heavy atom. The molecule has 0 radical (unpaired) electrons. The van der Waals surface area contributed by atoms with Gasteiger partial charge in [0.25, 0.3) is 11.8 Å². The summed E-state index contributed by atoms with van der Waals surface area (Å²) in [5.41, 5.74) is 1.58. The Labute approximate surface area is 209 Å². The zero-order valence-electron chi connectivity index (χ0n) is 19.3. The summed E-state index contributed by atoms with van der Waals surface area (Å²) in [5, 5.41) is 3.32. The molecule has 8 heteroatoms. The van der Waals surface area contributed by atoms with E-state index in [-0.39, 0.29) is 28.4 Å². The number of hydrogen-bond acceptors (Lipinski definition) is 3. The minimum Gasteiger partial charge on any atom is -0.357 e. The fourth-order valence-electron chi connectivity index (χ4n) is 5.33. The normalized spacial score (nSPS) is 20.6. The molecule has 0 aliphatic carbocycles. The Hall–Kier alpha value is -3.16. The van der Waals surface area contributed by atoms with Crippen molar-refractivity contribution in [3.05, 3.63) is 94.5 Å². The monoisotopic (exact) mass is 494 g/mol. The van der Waals surface area contributed by atoms with Crippen LogP contribution in [0.1, 0.15) is 38.9 Å². The summed E-state index contributed by atoms with van der Waals surface area (Å²) in [5.74, 6) is -0.316. The van der Waals surface area contributed by atoms with Gasteiger partial charge in [-0.1, -0.05) is 48.0 Å². The third kappa shape index (κ3) is 5.11. The van der Waals surface area contributed by atoms with Gasteiger partial charge >= 0.3 is 0 Å². The van der Waals surface area contributed by atoms with E-state index in [9.17, 15) is 14.0 Å². The number of aromatic nitrogens is 1. The average Bonchev–Trinajstić information content (AvgIpc) is 3.59. The maximum atomic E-state index is 14.2. The first kappa shape index (κ1) is 23.6. The minimum atomic E-state index is -0.575. The number of fused-ring (bicyclic) bond motifs is 1. The summed E-state index contributed by atoms with van der Waals surface area (Å²) in [4.78, 5) is 32.7. The number of rotatable bonds is 7. The van der Waals surface area contributed by atoms with Crippen LogP contribution in [0.4, 0.5) is 4.39 Å². The molecule has 0 saturated carbocycles. The van der Waals surface area contributed by atoms with Crippen molar-refractivity contribution in [3.63, 3.8) is 0 Å². The number of carbonyl (C=O) groups excluding carboxylic acids is 2. The smallest absolute Gasteiger partial charge is 0.268 e. The summed E-state index contributed by atoms with van der Waals surface area (Å²) >= 11 is 6.11. The number of halogens is 2. The van der Waals surface area contributed by atoms with Crippen molar-refractivity contribution in [3.8, 4) is 0 Å². The van der Waals surface area contributed by atoms with Gasteiger partial charge in [-0.05, 0) is 48.1 Å². The predicted octanol–water partition coefficient (Wildman–Crippen LogP) is 4.37. The molecule has 1 aromatic heterocycles. The first-order chi connectivity index (χ1) is 17.0. The molecule has 0 spiro atoms. The molecule has 2 unspecified atom stereocenters. The summed E-state index contributed by atoms with van der Waals surface area (Å²) in [7, 11) is 0. The Morgan fingerprint density at radius 2 is 1.74 bits per heavy atom. The lowest BCUT2D eigenvalue weighted by atomic mass is 10.0. The standard InChI is InChI=1S/C27H28ClFN4O2/c28-21-8-4-9-22(29)25(21)27(35)33-16-19-14-32(15-20(19)17-33)13-11-23(18-6-2-1-3-7-18)31-26(34)24-10-5-12-30-24/h1-10,12,19-20,23,30H,11,13-17H2,(H,31,34)/t19-,20?,23?/m0/s1. The second-order valence-corrected chi connectivity index (χ2v) is 9.80. The van der Waals surface area contributed by atoms with Gasteiger partial charge in [-0.15, -0.1) is 0 Å². The molecular formula is C27H28ClFN4O2. The highest BCUT2D eigenvalue weighted by Crippen LogP contribution is 2.33. The summed E-state index contributed by atoms with van der Waals surface area (Å²) in [6, 6.07) is 17.8. The van der Waals surface area contributed by atoms with Crippen LogP contribution in [-0.2, 0) is 0 Å². The number of H-pyrrole nitrogens is 1. The number of amides is 2. The van der Waals surface area contributed by atoms with E-state index in [2.05, 4.69) is 15.2 Å². The minimum absolute atomic E-state index is 0.0329. The van der Waals surface area contributed by atoms with E-state index >= 15 is 0 Å². The average molecular weight is 495 g/mol. The lowest BCUT2D eigenvalue weighted by Crippen LogP contribution is -2.35. The van der Waals surface area contributed by atoms with Crippen LogP contribution in [0.2, 0.25) is 5.02 Å². The Balaban J connectivity index is 1.18. The number of carbonyl (C=O) groups is 2. The molecule has 2 fully saturated rings. The molecule has 35 heavy (non-hydrogen) atoms. The van der Waals surface area contributed by atoms with Gasteiger partial charge in [0.15, 0.2) is 0 Å². The number of hydrogen-bond donors (Lipinski definition) is 2. The Morgan fingerprint density at radius 1 is 1.00 bits per heavy atom. The largest absolute Gasteiger partial charge is 0.357 e. The first-order valence-corrected chi connectivity index (χ1v) is 12.3. The fourth-order valence-corrected chi connectivity index (χ4v) is 5.57. The van der Waals surface area contributed by atoms with Gasteiger partial charge in [0.1, 0.15) is 11.5 Å². The van der Waals surface area contributed by atoms with Crippen LogP contribution >= 0.6 is 11.6 Å². The SMILES string of the molecule is O=C(NC(CCN1CC2CN(C(=O)c3c(F)cccc3Cl)C[C@@H]2C1)c1ccccc1)c1ccc[nH]1. The van der Waals surface area contributed by atoms with Crippen molar-refractivity contribution in [2.75, 3.05) is 32.7 Å². The highest BCUT2D eigenvalue weighted by Gasteiger charge is 2.42. The molecule has 3 heterocycles. The Kier molecular flexibility index (Phi) is 6.88. The molecule has 2 aliphatic rings. The van der Waals surface area contributed by atoms with Gasteiger partial charge in [-0.2, -0.15) is 0 Å². The third-order valence-corrected chi connectivity index (χ3v) is 7.42. The van der Waals surface area contributed by atoms with Crippen LogP contribution < -0.4 is 5.32 Å². The molecule has 2 aliphatic heterocycles. The van der Waals surface area contributed by atoms with Crippen LogP contribution in [0.25, 0.3) is 0 Å². The van der Waals surface area contributed by atoms with Crippen molar-refractivity contribution in [1.29, 1.82) is 0 Å². The summed E-state index contributed by atoms with van der Waals surface area (Å²) in [6.07, 6.45) is 2.52. The quantitative estimate of drug-likeness (QED) is 0.512. The van der Waals surface area contributed by atoms with E-state index in [4.69, 9.17) is 11.6 Å². The molecule has 182 valence electrons. The number of benzene rings is 2. The van der Waals surface area contributed by atoms with Crippen LogP contribution in [0.5, 0.6) is 0 Å². The van der Waals surface area contributed by atoms with Gasteiger partial charge in [-0.3, -0.25) is 9.59 Å². The van der Waals surface area contributed by atoms with E-state index in [0.717, 1.165) is 31.6 Å². The topological polar surface area (TPSA) is 68.4 Å². The van der Waals surface area contributed by atoms with E-state index in [1.54, 1.807) is 23.2 Å². The summed E-state index contributed by atoms with van der Waals surface area (Å²) < 4.78 is 14.2. The second-order valence-electron chi connectivity index (χ2n) is 9.40. The third-order valence-electron chi connectivity index (χ3n) is 7.11. The van der Waals surface area contributed by atoms with E-state index in [1.807, 2.05) is 36.4 Å². The molecule has 5 rings (SSSR count). The zero-order chi connectivity index (χ0) is 24.4. The number of aromatic amines is 1. The molecule has 3 atom stereocenters. The van der Waals surface area contributed by atoms with Gasteiger partial charge in [-0.25, -0.2) is 4.39 Å². The summed E-state index contributed by atoms with van der Waals surface area (Å²) in [6.45, 7) is 3.81. The second kappa shape index (κ2) is 10.2. The molecule has 0 bridgehead atoms. The predicted molar refractivity (Wildman–Crippen MR) is 133 cm³/mol. The number of likely N-dealkylation sites (tertiary alicyclic amines) is 2. The number of nitrogens with zero attached hydrogens (tertiary/aromatic N) is 2. The van der Waals surface area contributed by atoms with Crippen molar-refractivity contribution >= 4 is 23.4 Å². The molecule has 2 amide bonds. The van der Waals surface area contributed by atoms with Gasteiger partial charge < -0.3 is 20.1 Å². The van der Waals surface area contributed by atoms with Crippen LogP contribution in [-0.4, -0.2) is 59.3 Å². The van der Waals surface area contributed by atoms with E-state index in [0.29, 0.717) is 30.6 Å². The van der Waals surface area contributed by atoms with Crippen molar-refractivity contribution < 1.29 is 14.0 Å². The number of nitrogens with one attached hydrogen (secondary N) is 2. The highest BCUT2D eigenvalue weighted by molar-refractivity contribution is 6.33. The molecule has 3 aromatic rings. The van der Waals surface area contributed by atoms with Crippen molar-refractivity contribution in [1.82, 2.24) is 20.1 Å². The fraction of sp³-hybridized carbons (Fsp3) is 0.333. The lowest BCUT2D eigenvalue weighted by molar-refractivity contribution is 0.0769. The van der Waals surface area contributed by atoms with Gasteiger partial charge in [0.05, 0.1) is 16.6 Å². The van der Waals surface area contributed by atoms with Gasteiger partial charge in [0.2, 0.25) is 0 Å². The van der Waals surface area contributed by atoms with Crippen LogP contribution in [0.3, 0.4) is 0 Å². The van der Waals surface area contributed by atoms with Crippen LogP contribution in [0, 0.1) is 17.7 Å². The lowest BCUT2D eigenvalue weighted by Gasteiger charge is -2.25. The Bertz CT molecular complexity index is 1150. The van der Waals surface area contributed by atoms with Crippen LogP contribution in [0.15, 0.2) is 66.9 Å². The molecule has 2 aromatic carbocycles. The maximum absolute atomic E-state index is 14.2. The van der Waals surface area contributed by atoms with E-state index < -0.39 is 5.82 Å².